The monoisotopic (exact) mass is 296 g/mol. The topological polar surface area (TPSA) is 75.8 Å². The molecule has 0 aliphatic heterocycles. The van der Waals surface area contributed by atoms with Crippen molar-refractivity contribution in [2.75, 3.05) is 20.2 Å². The van der Waals surface area contributed by atoms with Gasteiger partial charge in [-0.2, -0.15) is 0 Å². The van der Waals surface area contributed by atoms with Gasteiger partial charge in [-0.25, -0.2) is 0 Å². The summed E-state index contributed by atoms with van der Waals surface area (Å²) in [7, 11) is 1.68. The minimum Gasteiger partial charge on any atom is -0.484 e. The van der Waals surface area contributed by atoms with Crippen LogP contribution in [0.4, 0.5) is 0 Å². The maximum atomic E-state index is 11.8. The zero-order valence-electron chi connectivity index (χ0n) is 11.7. The van der Waals surface area contributed by atoms with Crippen molar-refractivity contribution in [3.8, 4) is 5.75 Å². The Kier molecular flexibility index (Phi) is 6.41. The molecule has 5 nitrogen and oxygen atoms in total. The highest BCUT2D eigenvalue weighted by molar-refractivity contribution is 7.80. The van der Waals surface area contributed by atoms with E-state index in [1.54, 1.807) is 38.2 Å². The van der Waals surface area contributed by atoms with Crippen LogP contribution < -0.4 is 10.5 Å². The highest BCUT2D eigenvalue weighted by Crippen LogP contribution is 2.12. The lowest BCUT2D eigenvalue weighted by Gasteiger charge is -2.18. The summed E-state index contributed by atoms with van der Waals surface area (Å²) in [6, 6.07) is 6.94. The first-order chi connectivity index (χ1) is 9.40. The van der Waals surface area contributed by atoms with Crippen molar-refractivity contribution >= 4 is 23.1 Å². The highest BCUT2D eigenvalue weighted by Gasteiger charge is 2.10. The number of rotatable bonds is 7. The third-order valence-electron chi connectivity index (χ3n) is 2.81. The van der Waals surface area contributed by atoms with Gasteiger partial charge < -0.3 is 20.5 Å². The van der Waals surface area contributed by atoms with Gasteiger partial charge in [0.15, 0.2) is 6.61 Å². The summed E-state index contributed by atoms with van der Waals surface area (Å²) in [4.78, 5) is 13.6. The zero-order valence-corrected chi connectivity index (χ0v) is 12.5. The van der Waals surface area contributed by atoms with E-state index in [0.717, 1.165) is 5.56 Å². The summed E-state index contributed by atoms with van der Waals surface area (Å²) in [5.74, 6) is 0.450. The second-order valence-corrected chi connectivity index (χ2v) is 5.07. The number of carbonyl (C=O) groups excluding carboxylic acids is 1. The predicted octanol–water partition coefficient (Wildman–Crippen LogP) is 0.929. The molecule has 0 aliphatic carbocycles. The number of thiocarbonyl (C=S) groups is 1. The number of likely N-dealkylation sites (N-methyl/N-ethyl adjacent to an activating group) is 1. The average Bonchev–Trinajstić information content (AvgIpc) is 2.42. The number of benzene rings is 1. The Hall–Kier alpha value is -1.66. The van der Waals surface area contributed by atoms with E-state index in [-0.39, 0.29) is 12.5 Å². The maximum absolute atomic E-state index is 11.8. The van der Waals surface area contributed by atoms with Crippen molar-refractivity contribution in [3.05, 3.63) is 29.8 Å². The van der Waals surface area contributed by atoms with Crippen LogP contribution in [0.1, 0.15) is 18.9 Å². The number of hydrogen-bond donors (Lipinski definition) is 2. The molecule has 0 saturated heterocycles. The van der Waals surface area contributed by atoms with Crippen molar-refractivity contribution in [1.82, 2.24) is 4.90 Å². The molecular formula is C14H20N2O3S. The van der Waals surface area contributed by atoms with Crippen LogP contribution in [0.3, 0.4) is 0 Å². The minimum absolute atomic E-state index is 0.0390. The van der Waals surface area contributed by atoms with E-state index in [9.17, 15) is 9.90 Å². The van der Waals surface area contributed by atoms with Crippen LogP contribution in [-0.2, 0) is 4.79 Å². The summed E-state index contributed by atoms with van der Waals surface area (Å²) in [6.45, 7) is 2.15. The molecule has 3 N–H and O–H groups in total. The molecule has 0 saturated carbocycles. The number of amides is 1. The molecule has 0 spiro atoms. The first-order valence-electron chi connectivity index (χ1n) is 6.35. The summed E-state index contributed by atoms with van der Waals surface area (Å²) in [6.07, 6.45) is 0.129. The molecule has 20 heavy (non-hydrogen) atoms. The summed E-state index contributed by atoms with van der Waals surface area (Å²) in [5, 5.41) is 9.17. The molecule has 0 aromatic heterocycles. The van der Waals surface area contributed by atoms with Gasteiger partial charge in [-0.15, -0.1) is 0 Å². The van der Waals surface area contributed by atoms with Crippen LogP contribution in [-0.4, -0.2) is 47.2 Å². The quantitative estimate of drug-likeness (QED) is 0.732. The minimum atomic E-state index is -0.418. The van der Waals surface area contributed by atoms with E-state index >= 15 is 0 Å². The highest BCUT2D eigenvalue weighted by atomic mass is 32.1. The molecule has 0 fully saturated rings. The third kappa shape index (κ3) is 5.54. The number of nitrogens with two attached hydrogens (primary N) is 1. The number of nitrogens with zero attached hydrogens (tertiary/aromatic N) is 1. The summed E-state index contributed by atoms with van der Waals surface area (Å²) in [5.41, 5.74) is 6.25. The van der Waals surface area contributed by atoms with E-state index < -0.39 is 6.10 Å². The van der Waals surface area contributed by atoms with Crippen LogP contribution >= 0.6 is 12.2 Å². The molecular weight excluding hydrogens is 276 g/mol. The first kappa shape index (κ1) is 16.4. The molecule has 1 amide bonds. The van der Waals surface area contributed by atoms with Gasteiger partial charge in [-0.05, 0) is 37.6 Å². The molecule has 0 bridgehead atoms. The van der Waals surface area contributed by atoms with Crippen molar-refractivity contribution in [2.24, 2.45) is 5.73 Å². The summed E-state index contributed by atoms with van der Waals surface area (Å²) >= 11 is 4.85. The van der Waals surface area contributed by atoms with Gasteiger partial charge in [0.1, 0.15) is 10.7 Å². The molecule has 110 valence electrons. The standard InChI is InChI=1S/C14H20N2O3S/c1-10(17)7-8-16(2)13(18)9-19-12-5-3-11(4-6-12)14(15)20/h3-6,10,17H,7-9H2,1-2H3,(H2,15,20). The number of hydrogen-bond acceptors (Lipinski definition) is 4. The van der Waals surface area contributed by atoms with Crippen molar-refractivity contribution in [2.45, 2.75) is 19.4 Å². The average molecular weight is 296 g/mol. The molecule has 0 radical (unpaired) electrons. The van der Waals surface area contributed by atoms with E-state index in [0.29, 0.717) is 23.7 Å². The fourth-order valence-corrected chi connectivity index (χ4v) is 1.61. The van der Waals surface area contributed by atoms with E-state index in [1.807, 2.05) is 0 Å². The van der Waals surface area contributed by atoms with Crippen LogP contribution in [0.15, 0.2) is 24.3 Å². The molecule has 1 rings (SSSR count). The summed E-state index contributed by atoms with van der Waals surface area (Å²) < 4.78 is 5.39. The Bertz CT molecular complexity index is 460. The van der Waals surface area contributed by atoms with E-state index in [2.05, 4.69) is 0 Å². The Morgan fingerprint density at radius 2 is 2.05 bits per heavy atom. The normalized spacial score (nSPS) is 11.8. The second-order valence-electron chi connectivity index (χ2n) is 4.63. The van der Waals surface area contributed by atoms with Crippen molar-refractivity contribution in [1.29, 1.82) is 0 Å². The van der Waals surface area contributed by atoms with Crippen molar-refractivity contribution < 1.29 is 14.6 Å². The van der Waals surface area contributed by atoms with Crippen LogP contribution in [0.5, 0.6) is 5.75 Å². The molecule has 6 heteroatoms. The van der Waals surface area contributed by atoms with Gasteiger partial charge >= 0.3 is 0 Å². The zero-order chi connectivity index (χ0) is 15.1. The predicted molar refractivity (Wildman–Crippen MR) is 81.8 cm³/mol. The Morgan fingerprint density at radius 1 is 1.45 bits per heavy atom. The smallest absolute Gasteiger partial charge is 0.260 e. The Morgan fingerprint density at radius 3 is 2.55 bits per heavy atom. The molecule has 0 heterocycles. The molecule has 1 atom stereocenters. The van der Waals surface area contributed by atoms with E-state index in [1.165, 1.54) is 4.90 Å². The molecule has 1 aromatic rings. The van der Waals surface area contributed by atoms with Gasteiger partial charge in [-0.1, -0.05) is 12.2 Å². The number of ether oxygens (including phenoxy) is 1. The van der Waals surface area contributed by atoms with Crippen LogP contribution in [0.2, 0.25) is 0 Å². The van der Waals surface area contributed by atoms with Gasteiger partial charge in [0.2, 0.25) is 0 Å². The fourth-order valence-electron chi connectivity index (χ4n) is 1.48. The Balaban J connectivity index is 2.42. The van der Waals surface area contributed by atoms with E-state index in [4.69, 9.17) is 22.7 Å². The second kappa shape index (κ2) is 7.81. The van der Waals surface area contributed by atoms with Crippen LogP contribution in [0, 0.1) is 0 Å². The van der Waals surface area contributed by atoms with Gasteiger partial charge in [0.05, 0.1) is 6.10 Å². The van der Waals surface area contributed by atoms with Crippen LogP contribution in [0.25, 0.3) is 0 Å². The molecule has 0 aliphatic rings. The van der Waals surface area contributed by atoms with Gasteiger partial charge in [0, 0.05) is 19.2 Å². The van der Waals surface area contributed by atoms with Crippen molar-refractivity contribution in [3.63, 3.8) is 0 Å². The lowest BCUT2D eigenvalue weighted by molar-refractivity contribution is -0.132. The maximum Gasteiger partial charge on any atom is 0.260 e. The molecule has 1 unspecified atom stereocenters. The first-order valence-corrected chi connectivity index (χ1v) is 6.75. The number of aliphatic hydroxyl groups excluding tert-OH is 1. The SMILES string of the molecule is CC(O)CCN(C)C(=O)COc1ccc(C(N)=S)cc1. The number of aliphatic hydroxyl groups is 1. The molecule has 1 aromatic carbocycles. The van der Waals surface area contributed by atoms with Gasteiger partial charge in [0.25, 0.3) is 5.91 Å². The Labute approximate surface area is 124 Å². The lowest BCUT2D eigenvalue weighted by atomic mass is 10.2. The van der Waals surface area contributed by atoms with Gasteiger partial charge in [-0.3, -0.25) is 4.79 Å². The fraction of sp³-hybridized carbons (Fsp3) is 0.429. The number of carbonyl (C=O) groups is 1. The lowest BCUT2D eigenvalue weighted by Crippen LogP contribution is -2.33. The largest absolute Gasteiger partial charge is 0.484 e. The third-order valence-corrected chi connectivity index (χ3v) is 3.04.